The first-order valence-electron chi connectivity index (χ1n) is 4.87. The standard InChI is InChI=1S/C11H10BrN3O2/c12-9-6-15(14-10(9)13)5-7-1-3-8(4-2-7)11(16)17/h1-4,6H,5H2,(H2,13,14)(H,16,17). The van der Waals surface area contributed by atoms with Gasteiger partial charge in [-0.3, -0.25) is 4.68 Å². The number of hydrogen-bond acceptors (Lipinski definition) is 3. The second kappa shape index (κ2) is 4.58. The number of nitrogen functional groups attached to an aromatic ring is 1. The van der Waals surface area contributed by atoms with Crippen molar-refractivity contribution in [3.8, 4) is 0 Å². The summed E-state index contributed by atoms with van der Waals surface area (Å²) in [6.45, 7) is 0.551. The highest BCUT2D eigenvalue weighted by molar-refractivity contribution is 9.10. The van der Waals surface area contributed by atoms with Gasteiger partial charge >= 0.3 is 5.97 Å². The van der Waals surface area contributed by atoms with Crippen LogP contribution >= 0.6 is 15.9 Å². The van der Waals surface area contributed by atoms with Crippen LogP contribution in [0.1, 0.15) is 15.9 Å². The molecule has 2 aromatic rings. The molecular formula is C11H10BrN3O2. The van der Waals surface area contributed by atoms with Crippen molar-refractivity contribution >= 4 is 27.7 Å². The summed E-state index contributed by atoms with van der Waals surface area (Å²) < 4.78 is 2.44. The third-order valence-corrected chi connectivity index (χ3v) is 2.90. The normalized spacial score (nSPS) is 10.4. The average molecular weight is 296 g/mol. The quantitative estimate of drug-likeness (QED) is 0.907. The lowest BCUT2D eigenvalue weighted by Gasteiger charge is -2.02. The predicted octanol–water partition coefficient (Wildman–Crippen LogP) is 1.97. The minimum absolute atomic E-state index is 0.273. The molecule has 17 heavy (non-hydrogen) atoms. The van der Waals surface area contributed by atoms with Crippen LogP contribution in [0.2, 0.25) is 0 Å². The van der Waals surface area contributed by atoms with Crippen LogP contribution in [0.3, 0.4) is 0 Å². The number of carboxylic acid groups (broad SMARTS) is 1. The fourth-order valence-electron chi connectivity index (χ4n) is 1.43. The number of hydrogen-bond donors (Lipinski definition) is 2. The van der Waals surface area contributed by atoms with E-state index in [9.17, 15) is 4.79 Å². The van der Waals surface area contributed by atoms with Crippen LogP contribution in [0, 0.1) is 0 Å². The molecule has 0 saturated heterocycles. The Kier molecular flexibility index (Phi) is 3.14. The Labute approximate surface area is 106 Å². The topological polar surface area (TPSA) is 81.1 Å². The lowest BCUT2D eigenvalue weighted by Crippen LogP contribution is -2.02. The van der Waals surface area contributed by atoms with E-state index in [2.05, 4.69) is 21.0 Å². The largest absolute Gasteiger partial charge is 0.478 e. The maximum atomic E-state index is 10.7. The molecule has 0 radical (unpaired) electrons. The first kappa shape index (κ1) is 11.7. The van der Waals surface area contributed by atoms with E-state index in [0.717, 1.165) is 10.0 Å². The van der Waals surface area contributed by atoms with Crippen molar-refractivity contribution in [2.75, 3.05) is 5.73 Å². The minimum Gasteiger partial charge on any atom is -0.478 e. The maximum Gasteiger partial charge on any atom is 0.335 e. The van der Waals surface area contributed by atoms with Crippen LogP contribution in [0.4, 0.5) is 5.82 Å². The zero-order chi connectivity index (χ0) is 12.4. The fourth-order valence-corrected chi connectivity index (χ4v) is 1.75. The molecule has 0 aliphatic heterocycles. The molecule has 0 aliphatic rings. The van der Waals surface area contributed by atoms with E-state index >= 15 is 0 Å². The molecule has 0 amide bonds. The van der Waals surface area contributed by atoms with Crippen molar-refractivity contribution in [3.63, 3.8) is 0 Å². The predicted molar refractivity (Wildman–Crippen MR) is 66.8 cm³/mol. The molecule has 88 valence electrons. The number of benzene rings is 1. The zero-order valence-electron chi connectivity index (χ0n) is 8.80. The van der Waals surface area contributed by atoms with E-state index < -0.39 is 5.97 Å². The van der Waals surface area contributed by atoms with Crippen LogP contribution in [0.25, 0.3) is 0 Å². The Morgan fingerprint density at radius 1 is 1.41 bits per heavy atom. The monoisotopic (exact) mass is 295 g/mol. The summed E-state index contributed by atoms with van der Waals surface area (Å²) in [7, 11) is 0. The van der Waals surface area contributed by atoms with Gasteiger partial charge in [0.1, 0.15) is 0 Å². The molecule has 0 saturated carbocycles. The number of aromatic nitrogens is 2. The Balaban J connectivity index is 2.16. The van der Waals surface area contributed by atoms with E-state index in [1.807, 2.05) is 0 Å². The van der Waals surface area contributed by atoms with E-state index in [-0.39, 0.29) is 5.56 Å². The molecule has 6 heteroatoms. The van der Waals surface area contributed by atoms with E-state index in [4.69, 9.17) is 10.8 Å². The second-order valence-corrected chi connectivity index (χ2v) is 4.42. The lowest BCUT2D eigenvalue weighted by molar-refractivity contribution is 0.0697. The lowest BCUT2D eigenvalue weighted by atomic mass is 10.1. The van der Waals surface area contributed by atoms with Gasteiger partial charge in [0.2, 0.25) is 0 Å². The molecule has 0 spiro atoms. The summed E-state index contributed by atoms with van der Waals surface area (Å²) >= 11 is 3.27. The van der Waals surface area contributed by atoms with Crippen LogP contribution in [0.15, 0.2) is 34.9 Å². The number of carboxylic acids is 1. The smallest absolute Gasteiger partial charge is 0.335 e. The molecular weight excluding hydrogens is 286 g/mol. The number of carbonyl (C=O) groups is 1. The van der Waals surface area contributed by atoms with Gasteiger partial charge in [-0.2, -0.15) is 5.10 Å². The summed E-state index contributed by atoms with van der Waals surface area (Å²) in [5.74, 6) is -0.491. The molecule has 0 aliphatic carbocycles. The van der Waals surface area contributed by atoms with Crippen molar-refractivity contribution < 1.29 is 9.90 Å². The zero-order valence-corrected chi connectivity index (χ0v) is 10.4. The number of nitrogens with zero attached hydrogens (tertiary/aromatic N) is 2. The Hall–Kier alpha value is -1.82. The van der Waals surface area contributed by atoms with Gasteiger partial charge in [0.25, 0.3) is 0 Å². The highest BCUT2D eigenvalue weighted by Crippen LogP contribution is 2.17. The van der Waals surface area contributed by atoms with Gasteiger partial charge in [0.15, 0.2) is 5.82 Å². The minimum atomic E-state index is -0.928. The maximum absolute atomic E-state index is 10.7. The summed E-state index contributed by atoms with van der Waals surface area (Å²) in [6.07, 6.45) is 1.78. The van der Waals surface area contributed by atoms with Crippen LogP contribution in [-0.4, -0.2) is 20.9 Å². The molecule has 1 heterocycles. The van der Waals surface area contributed by atoms with Gasteiger partial charge in [-0.1, -0.05) is 12.1 Å². The molecule has 1 aromatic carbocycles. The molecule has 0 bridgehead atoms. The molecule has 1 aromatic heterocycles. The van der Waals surface area contributed by atoms with Gasteiger partial charge in [-0.15, -0.1) is 0 Å². The number of rotatable bonds is 3. The van der Waals surface area contributed by atoms with Gasteiger partial charge in [-0.25, -0.2) is 4.79 Å². The van der Waals surface area contributed by atoms with Gasteiger partial charge in [-0.05, 0) is 33.6 Å². The highest BCUT2D eigenvalue weighted by atomic mass is 79.9. The first-order chi connectivity index (χ1) is 8.06. The van der Waals surface area contributed by atoms with Crippen molar-refractivity contribution in [1.29, 1.82) is 0 Å². The molecule has 3 N–H and O–H groups in total. The van der Waals surface area contributed by atoms with Crippen LogP contribution in [-0.2, 0) is 6.54 Å². The number of halogens is 1. The molecule has 0 atom stereocenters. The van der Waals surface area contributed by atoms with Crippen molar-refractivity contribution in [2.24, 2.45) is 0 Å². The van der Waals surface area contributed by atoms with Gasteiger partial charge < -0.3 is 10.8 Å². The van der Waals surface area contributed by atoms with Crippen LogP contribution < -0.4 is 5.73 Å². The summed E-state index contributed by atoms with van der Waals surface area (Å²) in [5, 5.41) is 12.9. The van der Waals surface area contributed by atoms with Crippen molar-refractivity contribution in [1.82, 2.24) is 9.78 Å². The van der Waals surface area contributed by atoms with E-state index in [1.165, 1.54) is 0 Å². The number of nitrogens with two attached hydrogens (primary N) is 1. The van der Waals surface area contributed by atoms with Gasteiger partial charge in [0.05, 0.1) is 16.6 Å². The number of aromatic carboxylic acids is 1. The van der Waals surface area contributed by atoms with Gasteiger partial charge in [0, 0.05) is 6.20 Å². The average Bonchev–Trinajstić information content (AvgIpc) is 2.58. The first-order valence-corrected chi connectivity index (χ1v) is 5.66. The third kappa shape index (κ3) is 2.65. The molecule has 2 rings (SSSR count). The van der Waals surface area contributed by atoms with Crippen molar-refractivity contribution in [3.05, 3.63) is 46.1 Å². The number of anilines is 1. The molecule has 0 fully saturated rings. The molecule has 0 unspecified atom stereocenters. The fraction of sp³-hybridized carbons (Fsp3) is 0.0909. The third-order valence-electron chi connectivity index (χ3n) is 2.29. The Morgan fingerprint density at radius 2 is 2.06 bits per heavy atom. The van der Waals surface area contributed by atoms with E-state index in [0.29, 0.717) is 12.4 Å². The Bertz CT molecular complexity index is 529. The SMILES string of the molecule is Nc1nn(Cc2ccc(C(=O)O)cc2)cc1Br. The van der Waals surface area contributed by atoms with E-state index in [1.54, 1.807) is 35.1 Å². The van der Waals surface area contributed by atoms with Crippen LogP contribution in [0.5, 0.6) is 0 Å². The molecule has 5 nitrogen and oxygen atoms in total. The summed E-state index contributed by atoms with van der Waals surface area (Å²) in [6, 6.07) is 6.66. The summed E-state index contributed by atoms with van der Waals surface area (Å²) in [4.78, 5) is 10.7. The summed E-state index contributed by atoms with van der Waals surface area (Å²) in [5.41, 5.74) is 6.84. The Morgan fingerprint density at radius 3 is 2.53 bits per heavy atom. The van der Waals surface area contributed by atoms with Crippen molar-refractivity contribution in [2.45, 2.75) is 6.54 Å². The second-order valence-electron chi connectivity index (χ2n) is 3.56. The highest BCUT2D eigenvalue weighted by Gasteiger charge is 2.04.